The number of rotatable bonds is 1. The fourth-order valence-electron chi connectivity index (χ4n) is 1.12. The lowest BCUT2D eigenvalue weighted by Gasteiger charge is -2.38. The zero-order chi connectivity index (χ0) is 9.30. The molecule has 1 aliphatic heterocycles. The molecule has 1 fully saturated rings. The van der Waals surface area contributed by atoms with Gasteiger partial charge in [-0.2, -0.15) is 0 Å². The van der Waals surface area contributed by atoms with Crippen LogP contribution in [0.15, 0.2) is 0 Å². The van der Waals surface area contributed by atoms with Gasteiger partial charge in [0.05, 0.1) is 12.6 Å². The van der Waals surface area contributed by atoms with E-state index in [1.807, 2.05) is 0 Å². The van der Waals surface area contributed by atoms with E-state index in [1.54, 1.807) is 0 Å². The van der Waals surface area contributed by atoms with Crippen molar-refractivity contribution in [3.8, 4) is 0 Å². The molecule has 1 saturated heterocycles. The van der Waals surface area contributed by atoms with Crippen LogP contribution in [0.5, 0.6) is 0 Å². The minimum atomic E-state index is -1.35. The van der Waals surface area contributed by atoms with E-state index in [4.69, 9.17) is 20.7 Å². The first-order valence-corrected chi connectivity index (χ1v) is 3.64. The summed E-state index contributed by atoms with van der Waals surface area (Å²) in [6.07, 6.45) is -4.85. The second-order valence-electron chi connectivity index (χ2n) is 2.81. The number of hydrogen-bond donors (Lipinski definition) is 5. The molecule has 0 spiro atoms. The molecular weight excluding hydrogens is 166 g/mol. The highest BCUT2D eigenvalue weighted by Crippen LogP contribution is 2.17. The highest BCUT2D eigenvalue weighted by atomic mass is 16.6. The fraction of sp³-hybridized carbons (Fsp3) is 1.00. The summed E-state index contributed by atoms with van der Waals surface area (Å²) in [5.74, 6) is 0. The van der Waals surface area contributed by atoms with Gasteiger partial charge < -0.3 is 30.9 Å². The molecule has 2 unspecified atom stereocenters. The predicted octanol–water partition coefficient (Wildman–Crippen LogP) is -3.26. The Hall–Kier alpha value is -0.240. The summed E-state index contributed by atoms with van der Waals surface area (Å²) in [5, 5.41) is 36.1. The largest absolute Gasteiger partial charge is 0.394 e. The molecule has 0 aromatic carbocycles. The van der Waals surface area contributed by atoms with Gasteiger partial charge in [0.2, 0.25) is 0 Å². The molecule has 1 heterocycles. The van der Waals surface area contributed by atoms with Crippen molar-refractivity contribution in [1.82, 2.24) is 0 Å². The molecule has 0 radical (unpaired) electrons. The van der Waals surface area contributed by atoms with Crippen molar-refractivity contribution in [1.29, 1.82) is 0 Å². The van der Waals surface area contributed by atoms with E-state index in [0.29, 0.717) is 0 Å². The number of hydrogen-bond acceptors (Lipinski definition) is 6. The summed E-state index contributed by atoms with van der Waals surface area (Å²) in [4.78, 5) is 0. The maximum Gasteiger partial charge on any atom is 0.173 e. The van der Waals surface area contributed by atoms with Gasteiger partial charge in [-0.1, -0.05) is 0 Å². The van der Waals surface area contributed by atoms with Crippen molar-refractivity contribution >= 4 is 0 Å². The molecule has 5 atom stereocenters. The lowest BCUT2D eigenvalue weighted by atomic mass is 9.98. The molecule has 0 aromatic heterocycles. The molecule has 0 bridgehead atoms. The van der Waals surface area contributed by atoms with Crippen molar-refractivity contribution in [3.63, 3.8) is 0 Å². The Morgan fingerprint density at radius 1 is 1.17 bits per heavy atom. The third-order valence-corrected chi connectivity index (χ3v) is 1.95. The lowest BCUT2D eigenvalue weighted by molar-refractivity contribution is -0.248. The van der Waals surface area contributed by atoms with E-state index >= 15 is 0 Å². The summed E-state index contributed by atoms with van der Waals surface area (Å²) in [6.45, 7) is -0.470. The normalized spacial score (nSPS) is 49.2. The van der Waals surface area contributed by atoms with E-state index < -0.39 is 37.3 Å². The zero-order valence-electron chi connectivity index (χ0n) is 6.37. The monoisotopic (exact) mass is 179 g/mol. The fourth-order valence-corrected chi connectivity index (χ4v) is 1.12. The maximum absolute atomic E-state index is 9.20. The van der Waals surface area contributed by atoms with Crippen LogP contribution in [0.4, 0.5) is 0 Å². The van der Waals surface area contributed by atoms with Gasteiger partial charge in [-0.3, -0.25) is 0 Å². The molecule has 12 heavy (non-hydrogen) atoms. The van der Waals surface area contributed by atoms with Crippen molar-refractivity contribution in [2.24, 2.45) is 5.73 Å². The van der Waals surface area contributed by atoms with Crippen LogP contribution >= 0.6 is 0 Å². The number of ether oxygens (including phenoxy) is 1. The molecule has 1 rings (SSSR count). The molecule has 6 heteroatoms. The first-order valence-electron chi connectivity index (χ1n) is 3.64. The van der Waals surface area contributed by atoms with E-state index in [0.717, 1.165) is 0 Å². The van der Waals surface area contributed by atoms with Crippen LogP contribution in [0.1, 0.15) is 0 Å². The van der Waals surface area contributed by atoms with Gasteiger partial charge in [-0.25, -0.2) is 0 Å². The highest BCUT2D eigenvalue weighted by Gasteiger charge is 2.41. The van der Waals surface area contributed by atoms with Crippen molar-refractivity contribution in [3.05, 3.63) is 0 Å². The molecule has 72 valence electrons. The lowest BCUT2D eigenvalue weighted by Crippen LogP contribution is -2.61. The standard InChI is InChI=1S/C6H13NO5/c7-3-5(10)4(9)2(1-8)12-6(3)11/h2-6,8-11H,1,7H2/t2?,3-,4-,5?,6-/m0/s1. The molecule has 0 aromatic rings. The van der Waals surface area contributed by atoms with Crippen LogP contribution in [0.2, 0.25) is 0 Å². The number of aliphatic hydroxyl groups excluding tert-OH is 4. The van der Waals surface area contributed by atoms with Crippen LogP contribution in [-0.4, -0.2) is 57.7 Å². The van der Waals surface area contributed by atoms with E-state index in [-0.39, 0.29) is 0 Å². The van der Waals surface area contributed by atoms with Gasteiger partial charge in [0.25, 0.3) is 0 Å². The molecule has 0 saturated carbocycles. The van der Waals surface area contributed by atoms with Crippen LogP contribution in [0.3, 0.4) is 0 Å². The van der Waals surface area contributed by atoms with Gasteiger partial charge in [-0.05, 0) is 0 Å². The third-order valence-electron chi connectivity index (χ3n) is 1.95. The molecule has 1 aliphatic rings. The summed E-state index contributed by atoms with van der Waals surface area (Å²) >= 11 is 0. The Balaban J connectivity index is 2.63. The van der Waals surface area contributed by atoms with Crippen LogP contribution in [-0.2, 0) is 4.74 Å². The highest BCUT2D eigenvalue weighted by molar-refractivity contribution is 4.90. The Bertz CT molecular complexity index is 150. The summed E-state index contributed by atoms with van der Waals surface area (Å²) in [5.41, 5.74) is 5.26. The molecule has 6 nitrogen and oxygen atoms in total. The molecular formula is C6H13NO5. The topological polar surface area (TPSA) is 116 Å². The van der Waals surface area contributed by atoms with Crippen LogP contribution in [0, 0.1) is 0 Å². The van der Waals surface area contributed by atoms with Gasteiger partial charge in [-0.15, -0.1) is 0 Å². The first-order chi connectivity index (χ1) is 5.57. The van der Waals surface area contributed by atoms with E-state index in [1.165, 1.54) is 0 Å². The minimum absolute atomic E-state index is 0.470. The van der Waals surface area contributed by atoms with Gasteiger partial charge in [0.1, 0.15) is 18.3 Å². The predicted molar refractivity (Wildman–Crippen MR) is 38.0 cm³/mol. The average molecular weight is 179 g/mol. The Morgan fingerprint density at radius 3 is 2.25 bits per heavy atom. The first kappa shape index (κ1) is 9.85. The Kier molecular flexibility index (Phi) is 2.99. The quantitative estimate of drug-likeness (QED) is 0.288. The maximum atomic E-state index is 9.20. The zero-order valence-corrected chi connectivity index (χ0v) is 6.37. The third kappa shape index (κ3) is 1.58. The number of nitrogens with two attached hydrogens (primary N) is 1. The smallest absolute Gasteiger partial charge is 0.173 e. The second-order valence-corrected chi connectivity index (χ2v) is 2.81. The molecule has 0 aliphatic carbocycles. The van der Waals surface area contributed by atoms with Gasteiger partial charge in [0, 0.05) is 0 Å². The van der Waals surface area contributed by atoms with Crippen molar-refractivity contribution < 1.29 is 25.2 Å². The second kappa shape index (κ2) is 3.65. The van der Waals surface area contributed by atoms with E-state index in [2.05, 4.69) is 0 Å². The van der Waals surface area contributed by atoms with E-state index in [9.17, 15) is 10.2 Å². The summed E-state index contributed by atoms with van der Waals surface area (Å²) in [6, 6.07) is -1.04. The summed E-state index contributed by atoms with van der Waals surface area (Å²) < 4.78 is 4.70. The van der Waals surface area contributed by atoms with Crippen molar-refractivity contribution in [2.75, 3.05) is 6.61 Å². The minimum Gasteiger partial charge on any atom is -0.394 e. The van der Waals surface area contributed by atoms with Crippen LogP contribution < -0.4 is 5.73 Å². The van der Waals surface area contributed by atoms with Crippen LogP contribution in [0.25, 0.3) is 0 Å². The van der Waals surface area contributed by atoms with Gasteiger partial charge in [0.15, 0.2) is 6.29 Å². The molecule has 6 N–H and O–H groups in total. The van der Waals surface area contributed by atoms with Crippen molar-refractivity contribution in [2.45, 2.75) is 30.6 Å². The SMILES string of the molecule is N[C@H]1C(O)[C@@H](O)C(CO)O[C@@H]1O. The Morgan fingerprint density at radius 2 is 1.75 bits per heavy atom. The van der Waals surface area contributed by atoms with Gasteiger partial charge >= 0.3 is 0 Å². The molecule has 0 amide bonds. The number of aliphatic hydroxyl groups is 4. The summed E-state index contributed by atoms with van der Waals surface area (Å²) in [7, 11) is 0. The Labute approximate surface area is 69.2 Å². The average Bonchev–Trinajstić information content (AvgIpc) is 2.08.